The van der Waals surface area contributed by atoms with Crippen LogP contribution in [0.25, 0.3) is 0 Å². The Labute approximate surface area is 108 Å². The normalized spacial score (nSPS) is 10.5. The summed E-state index contributed by atoms with van der Waals surface area (Å²) < 4.78 is 13.1. The van der Waals surface area contributed by atoms with E-state index in [9.17, 15) is 9.18 Å². The Kier molecular flexibility index (Phi) is 5.62. The summed E-state index contributed by atoms with van der Waals surface area (Å²) in [5.74, 6) is -0.222. The molecular weight excluding hydrogens is 231 g/mol. The molecule has 1 aromatic carbocycles. The zero-order valence-electron chi connectivity index (χ0n) is 11.2. The quantitative estimate of drug-likeness (QED) is 0.830. The zero-order valence-corrected chi connectivity index (χ0v) is 11.2. The summed E-state index contributed by atoms with van der Waals surface area (Å²) >= 11 is 0. The van der Waals surface area contributed by atoms with Gasteiger partial charge < -0.3 is 10.6 Å². The highest BCUT2D eigenvalue weighted by atomic mass is 19.1. The second-order valence-electron chi connectivity index (χ2n) is 4.42. The molecule has 3 nitrogen and oxygen atoms in total. The molecule has 100 valence electrons. The summed E-state index contributed by atoms with van der Waals surface area (Å²) in [5.41, 5.74) is 1.49. The first-order valence-corrected chi connectivity index (χ1v) is 6.36. The highest BCUT2D eigenvalue weighted by Crippen LogP contribution is 2.08. The molecule has 0 radical (unpaired) electrons. The Morgan fingerprint density at radius 2 is 2.00 bits per heavy atom. The molecule has 0 aromatic heterocycles. The SMILES string of the molecule is CCC(CC)NC(=O)NCc1ccc(F)c(C)c1. The Morgan fingerprint density at radius 3 is 2.56 bits per heavy atom. The second-order valence-corrected chi connectivity index (χ2v) is 4.42. The van der Waals surface area contributed by atoms with E-state index < -0.39 is 0 Å². The Balaban J connectivity index is 2.44. The lowest BCUT2D eigenvalue weighted by Crippen LogP contribution is -2.41. The van der Waals surface area contributed by atoms with Crippen molar-refractivity contribution in [3.05, 3.63) is 35.1 Å². The Hall–Kier alpha value is -1.58. The molecule has 1 aromatic rings. The fraction of sp³-hybridized carbons (Fsp3) is 0.500. The first-order valence-electron chi connectivity index (χ1n) is 6.36. The standard InChI is InChI=1S/C14H21FN2O/c1-4-12(5-2)17-14(18)16-9-11-6-7-13(15)10(3)8-11/h6-8,12H,4-5,9H2,1-3H3,(H2,16,17,18). The van der Waals surface area contributed by atoms with Crippen LogP contribution in [0.5, 0.6) is 0 Å². The van der Waals surface area contributed by atoms with Gasteiger partial charge in [-0.25, -0.2) is 9.18 Å². The highest BCUT2D eigenvalue weighted by Gasteiger charge is 2.07. The number of rotatable bonds is 5. The van der Waals surface area contributed by atoms with Gasteiger partial charge in [-0.15, -0.1) is 0 Å². The van der Waals surface area contributed by atoms with Gasteiger partial charge in [0.1, 0.15) is 5.82 Å². The van der Waals surface area contributed by atoms with Gasteiger partial charge in [0.15, 0.2) is 0 Å². The van der Waals surface area contributed by atoms with Crippen molar-refractivity contribution >= 4 is 6.03 Å². The fourth-order valence-electron chi connectivity index (χ4n) is 1.73. The van der Waals surface area contributed by atoms with Crippen molar-refractivity contribution in [2.24, 2.45) is 0 Å². The van der Waals surface area contributed by atoms with E-state index in [4.69, 9.17) is 0 Å². The van der Waals surface area contributed by atoms with Gasteiger partial charge in [0.05, 0.1) is 0 Å². The average Bonchev–Trinajstić information content (AvgIpc) is 2.37. The maximum absolute atomic E-state index is 13.1. The van der Waals surface area contributed by atoms with Crippen LogP contribution in [-0.4, -0.2) is 12.1 Å². The topological polar surface area (TPSA) is 41.1 Å². The van der Waals surface area contributed by atoms with Gasteiger partial charge >= 0.3 is 6.03 Å². The van der Waals surface area contributed by atoms with Crippen LogP contribution in [0.2, 0.25) is 0 Å². The van der Waals surface area contributed by atoms with E-state index in [-0.39, 0.29) is 17.9 Å². The summed E-state index contributed by atoms with van der Waals surface area (Å²) in [6.07, 6.45) is 1.83. The van der Waals surface area contributed by atoms with Crippen molar-refractivity contribution < 1.29 is 9.18 Å². The lowest BCUT2D eigenvalue weighted by molar-refractivity contribution is 0.235. The Bertz CT molecular complexity index is 403. The Morgan fingerprint density at radius 1 is 1.33 bits per heavy atom. The molecule has 0 atom stereocenters. The molecule has 4 heteroatoms. The molecule has 0 spiro atoms. The molecule has 18 heavy (non-hydrogen) atoms. The number of hydrogen-bond acceptors (Lipinski definition) is 1. The number of nitrogens with one attached hydrogen (secondary N) is 2. The summed E-state index contributed by atoms with van der Waals surface area (Å²) in [5, 5.41) is 5.66. The summed E-state index contributed by atoms with van der Waals surface area (Å²) in [4.78, 5) is 11.6. The summed E-state index contributed by atoms with van der Waals surface area (Å²) in [6, 6.07) is 4.88. The first-order chi connectivity index (χ1) is 8.56. The van der Waals surface area contributed by atoms with E-state index in [1.54, 1.807) is 19.1 Å². The number of carbonyl (C=O) groups excluding carboxylic acids is 1. The lowest BCUT2D eigenvalue weighted by atomic mass is 10.1. The second kappa shape index (κ2) is 6.99. The maximum atomic E-state index is 13.1. The van der Waals surface area contributed by atoms with E-state index in [0.29, 0.717) is 12.1 Å². The van der Waals surface area contributed by atoms with Crippen molar-refractivity contribution in [1.82, 2.24) is 10.6 Å². The minimum Gasteiger partial charge on any atom is -0.335 e. The molecule has 0 bridgehead atoms. The predicted octanol–water partition coefficient (Wildman–Crippen LogP) is 3.12. The molecule has 1 rings (SSSR count). The van der Waals surface area contributed by atoms with Gasteiger partial charge in [-0.2, -0.15) is 0 Å². The van der Waals surface area contributed by atoms with E-state index in [1.807, 2.05) is 13.8 Å². The van der Waals surface area contributed by atoms with Crippen molar-refractivity contribution in [3.63, 3.8) is 0 Å². The number of amides is 2. The molecule has 0 saturated heterocycles. The molecule has 0 heterocycles. The summed E-state index contributed by atoms with van der Waals surface area (Å²) in [7, 11) is 0. The third-order valence-electron chi connectivity index (χ3n) is 3.00. The van der Waals surface area contributed by atoms with Gasteiger partial charge in [-0.3, -0.25) is 0 Å². The minimum atomic E-state index is -0.222. The molecule has 0 aliphatic heterocycles. The van der Waals surface area contributed by atoms with Gasteiger partial charge in [0, 0.05) is 12.6 Å². The van der Waals surface area contributed by atoms with Gasteiger partial charge in [0.2, 0.25) is 0 Å². The van der Waals surface area contributed by atoms with Gasteiger partial charge in [0.25, 0.3) is 0 Å². The molecule has 0 aliphatic carbocycles. The van der Waals surface area contributed by atoms with Crippen LogP contribution in [0.4, 0.5) is 9.18 Å². The number of carbonyl (C=O) groups is 1. The zero-order chi connectivity index (χ0) is 13.5. The van der Waals surface area contributed by atoms with Crippen LogP contribution in [0, 0.1) is 12.7 Å². The molecular formula is C14H21FN2O. The van der Waals surface area contributed by atoms with Crippen LogP contribution < -0.4 is 10.6 Å². The van der Waals surface area contributed by atoms with E-state index in [2.05, 4.69) is 10.6 Å². The monoisotopic (exact) mass is 252 g/mol. The van der Waals surface area contributed by atoms with Crippen LogP contribution in [0.1, 0.15) is 37.8 Å². The van der Waals surface area contributed by atoms with Crippen molar-refractivity contribution in [2.75, 3.05) is 0 Å². The summed E-state index contributed by atoms with van der Waals surface area (Å²) in [6.45, 7) is 6.20. The third-order valence-corrected chi connectivity index (χ3v) is 3.00. The maximum Gasteiger partial charge on any atom is 0.315 e. The molecule has 0 aliphatic rings. The molecule has 0 fully saturated rings. The molecule has 2 amide bonds. The van der Waals surface area contributed by atoms with Crippen LogP contribution in [0.15, 0.2) is 18.2 Å². The van der Waals surface area contributed by atoms with E-state index >= 15 is 0 Å². The van der Waals surface area contributed by atoms with E-state index in [0.717, 1.165) is 18.4 Å². The number of urea groups is 1. The molecule has 0 saturated carbocycles. The van der Waals surface area contributed by atoms with Gasteiger partial charge in [-0.1, -0.05) is 26.0 Å². The van der Waals surface area contributed by atoms with Gasteiger partial charge in [-0.05, 0) is 37.0 Å². The van der Waals surface area contributed by atoms with Crippen molar-refractivity contribution in [3.8, 4) is 0 Å². The highest BCUT2D eigenvalue weighted by molar-refractivity contribution is 5.74. The minimum absolute atomic E-state index is 0.175. The smallest absolute Gasteiger partial charge is 0.315 e. The predicted molar refractivity (Wildman–Crippen MR) is 70.9 cm³/mol. The third kappa shape index (κ3) is 4.35. The van der Waals surface area contributed by atoms with E-state index in [1.165, 1.54) is 6.07 Å². The number of hydrogen-bond donors (Lipinski definition) is 2. The van der Waals surface area contributed by atoms with Crippen molar-refractivity contribution in [1.29, 1.82) is 0 Å². The van der Waals surface area contributed by atoms with Crippen LogP contribution in [-0.2, 0) is 6.54 Å². The van der Waals surface area contributed by atoms with Crippen LogP contribution >= 0.6 is 0 Å². The number of benzene rings is 1. The molecule has 0 unspecified atom stereocenters. The largest absolute Gasteiger partial charge is 0.335 e. The molecule has 2 N–H and O–H groups in total. The first kappa shape index (κ1) is 14.5. The number of halogens is 1. The fourth-order valence-corrected chi connectivity index (χ4v) is 1.73. The number of aryl methyl sites for hydroxylation is 1. The lowest BCUT2D eigenvalue weighted by Gasteiger charge is -2.15. The average molecular weight is 252 g/mol. The van der Waals surface area contributed by atoms with Crippen molar-refractivity contribution in [2.45, 2.75) is 46.2 Å². The van der Waals surface area contributed by atoms with Crippen LogP contribution in [0.3, 0.4) is 0 Å².